The van der Waals surface area contributed by atoms with Crippen molar-refractivity contribution in [1.29, 1.82) is 0 Å². The van der Waals surface area contributed by atoms with Gasteiger partial charge < -0.3 is 9.64 Å². The van der Waals surface area contributed by atoms with Gasteiger partial charge in [0.1, 0.15) is 6.23 Å². The minimum Gasteiger partial charge on any atom is -0.361 e. The molecule has 0 spiro atoms. The van der Waals surface area contributed by atoms with Gasteiger partial charge in [0.2, 0.25) is 0 Å². The summed E-state index contributed by atoms with van der Waals surface area (Å²) in [5.74, 6) is 0.854. The van der Waals surface area contributed by atoms with Crippen molar-refractivity contribution >= 4 is 12.4 Å². The van der Waals surface area contributed by atoms with Gasteiger partial charge in [-0.2, -0.15) is 0 Å². The highest BCUT2D eigenvalue weighted by atomic mass is 35.5. The number of hydrogen-bond donors (Lipinski definition) is 1. The van der Waals surface area contributed by atoms with E-state index in [0.29, 0.717) is 6.23 Å². The molecule has 16 heavy (non-hydrogen) atoms. The Morgan fingerprint density at radius 2 is 1.94 bits per heavy atom. The first-order valence-corrected chi connectivity index (χ1v) is 6.13. The number of hydrogen-bond acceptors (Lipinski definition) is 3. The summed E-state index contributed by atoms with van der Waals surface area (Å²) in [4.78, 5) is 2.42. The van der Waals surface area contributed by atoms with E-state index in [4.69, 9.17) is 4.74 Å². The summed E-state index contributed by atoms with van der Waals surface area (Å²) in [7, 11) is 2.21. The Morgan fingerprint density at radius 1 is 1.31 bits per heavy atom. The van der Waals surface area contributed by atoms with Crippen molar-refractivity contribution in [3.63, 3.8) is 0 Å². The number of nitrogens with one attached hydrogen (secondary N) is 1. The first kappa shape index (κ1) is 14.2. The van der Waals surface area contributed by atoms with Gasteiger partial charge in [-0.1, -0.05) is 0 Å². The van der Waals surface area contributed by atoms with Crippen molar-refractivity contribution < 1.29 is 4.74 Å². The molecule has 3 nitrogen and oxygen atoms in total. The van der Waals surface area contributed by atoms with Crippen molar-refractivity contribution in [2.75, 3.05) is 26.7 Å². The van der Waals surface area contributed by atoms with Gasteiger partial charge >= 0.3 is 0 Å². The fourth-order valence-corrected chi connectivity index (χ4v) is 2.56. The van der Waals surface area contributed by atoms with Crippen LogP contribution in [0, 0.1) is 5.92 Å². The molecule has 0 aromatic rings. The fraction of sp³-hybridized carbons (Fsp3) is 1.00. The highest BCUT2D eigenvalue weighted by Crippen LogP contribution is 2.25. The van der Waals surface area contributed by atoms with E-state index in [1.165, 1.54) is 32.4 Å². The Hall–Kier alpha value is 0.170. The minimum atomic E-state index is 0. The second-order valence-corrected chi connectivity index (χ2v) is 5.81. The molecule has 96 valence electrons. The molecule has 0 radical (unpaired) electrons. The first-order valence-electron chi connectivity index (χ1n) is 6.13. The zero-order valence-electron chi connectivity index (χ0n) is 10.7. The molecule has 0 aromatic carbocycles. The van der Waals surface area contributed by atoms with E-state index in [-0.39, 0.29) is 17.9 Å². The van der Waals surface area contributed by atoms with Gasteiger partial charge in [0.05, 0.1) is 6.61 Å². The fourth-order valence-electron chi connectivity index (χ4n) is 2.56. The van der Waals surface area contributed by atoms with E-state index in [1.807, 2.05) is 0 Å². The second-order valence-electron chi connectivity index (χ2n) is 5.81. The standard InChI is InChI=1S/C12H24N2O.ClH/c1-12(2)9-15-11(13-12)8-10-4-6-14(3)7-5-10;/h10-11,13H,4-9H2,1-3H3;1H. The Labute approximate surface area is 105 Å². The summed E-state index contributed by atoms with van der Waals surface area (Å²) >= 11 is 0. The third kappa shape index (κ3) is 3.88. The molecular formula is C12H25ClN2O. The highest BCUT2D eigenvalue weighted by Gasteiger charge is 2.32. The van der Waals surface area contributed by atoms with E-state index in [1.54, 1.807) is 0 Å². The Morgan fingerprint density at radius 3 is 2.44 bits per heavy atom. The lowest BCUT2D eigenvalue weighted by Gasteiger charge is -2.30. The summed E-state index contributed by atoms with van der Waals surface area (Å²) < 4.78 is 5.77. The van der Waals surface area contributed by atoms with Crippen LogP contribution in [-0.4, -0.2) is 43.4 Å². The molecule has 0 amide bonds. The predicted molar refractivity (Wildman–Crippen MR) is 69.0 cm³/mol. The molecule has 0 aromatic heterocycles. The second kappa shape index (κ2) is 5.67. The normalized spacial score (nSPS) is 31.3. The van der Waals surface area contributed by atoms with Gasteiger partial charge in [0.15, 0.2) is 0 Å². The van der Waals surface area contributed by atoms with Gasteiger partial charge in [-0.3, -0.25) is 5.32 Å². The average molecular weight is 249 g/mol. The summed E-state index contributed by atoms with van der Waals surface area (Å²) in [5.41, 5.74) is 0.177. The monoisotopic (exact) mass is 248 g/mol. The van der Waals surface area contributed by atoms with Gasteiger partial charge in [0, 0.05) is 5.54 Å². The van der Waals surface area contributed by atoms with Gasteiger partial charge in [-0.05, 0) is 59.2 Å². The maximum absolute atomic E-state index is 5.77. The van der Waals surface area contributed by atoms with E-state index >= 15 is 0 Å². The van der Waals surface area contributed by atoms with Crippen LogP contribution in [0.4, 0.5) is 0 Å². The van der Waals surface area contributed by atoms with Crippen molar-refractivity contribution in [2.45, 2.75) is 44.9 Å². The molecule has 2 heterocycles. The number of rotatable bonds is 2. The molecular weight excluding hydrogens is 224 g/mol. The van der Waals surface area contributed by atoms with E-state index in [0.717, 1.165) is 12.5 Å². The molecule has 2 saturated heterocycles. The summed E-state index contributed by atoms with van der Waals surface area (Å²) in [6.45, 7) is 7.77. The molecule has 1 N–H and O–H groups in total. The van der Waals surface area contributed by atoms with Crippen LogP contribution in [0.2, 0.25) is 0 Å². The molecule has 0 saturated carbocycles. The summed E-state index contributed by atoms with van der Waals surface area (Å²) in [6, 6.07) is 0. The zero-order chi connectivity index (χ0) is 10.9. The van der Waals surface area contributed by atoms with Crippen molar-refractivity contribution in [2.24, 2.45) is 5.92 Å². The third-order valence-electron chi connectivity index (χ3n) is 3.58. The van der Waals surface area contributed by atoms with Crippen LogP contribution >= 0.6 is 12.4 Å². The molecule has 2 aliphatic heterocycles. The Bertz CT molecular complexity index is 215. The van der Waals surface area contributed by atoms with Crippen molar-refractivity contribution in [3.05, 3.63) is 0 Å². The van der Waals surface area contributed by atoms with Crippen molar-refractivity contribution in [1.82, 2.24) is 10.2 Å². The molecule has 2 aliphatic rings. The average Bonchev–Trinajstić information content (AvgIpc) is 2.50. The van der Waals surface area contributed by atoms with Crippen LogP contribution in [0.25, 0.3) is 0 Å². The molecule has 0 aliphatic carbocycles. The third-order valence-corrected chi connectivity index (χ3v) is 3.58. The lowest BCUT2D eigenvalue weighted by Crippen LogP contribution is -2.40. The maximum atomic E-state index is 5.77. The molecule has 2 fully saturated rings. The number of halogens is 1. The Kier molecular flexibility index (Phi) is 5.05. The summed E-state index contributed by atoms with van der Waals surface area (Å²) in [5, 5.41) is 3.55. The van der Waals surface area contributed by atoms with Crippen LogP contribution < -0.4 is 5.32 Å². The number of likely N-dealkylation sites (tertiary alicyclic amines) is 1. The molecule has 2 rings (SSSR count). The lowest BCUT2D eigenvalue weighted by molar-refractivity contribution is 0.0657. The van der Waals surface area contributed by atoms with Crippen LogP contribution in [0.15, 0.2) is 0 Å². The minimum absolute atomic E-state index is 0. The SMILES string of the molecule is CN1CCC(CC2NC(C)(C)CO2)CC1.Cl. The Balaban J connectivity index is 0.00000128. The number of nitrogens with zero attached hydrogens (tertiary/aromatic N) is 1. The maximum Gasteiger partial charge on any atom is 0.108 e. The van der Waals surface area contributed by atoms with Gasteiger partial charge in [-0.25, -0.2) is 0 Å². The molecule has 1 atom stereocenters. The van der Waals surface area contributed by atoms with Gasteiger partial charge in [0.25, 0.3) is 0 Å². The molecule has 4 heteroatoms. The largest absolute Gasteiger partial charge is 0.361 e. The quantitative estimate of drug-likeness (QED) is 0.808. The zero-order valence-corrected chi connectivity index (χ0v) is 11.5. The number of piperidine rings is 1. The molecule has 1 unspecified atom stereocenters. The van der Waals surface area contributed by atoms with E-state index in [2.05, 4.69) is 31.1 Å². The van der Waals surface area contributed by atoms with Crippen LogP contribution in [0.1, 0.15) is 33.1 Å². The smallest absolute Gasteiger partial charge is 0.108 e. The van der Waals surface area contributed by atoms with Gasteiger partial charge in [-0.15, -0.1) is 12.4 Å². The molecule has 0 bridgehead atoms. The van der Waals surface area contributed by atoms with E-state index < -0.39 is 0 Å². The number of ether oxygens (including phenoxy) is 1. The summed E-state index contributed by atoms with van der Waals surface area (Å²) in [6.07, 6.45) is 4.15. The predicted octanol–water partition coefficient (Wildman–Crippen LogP) is 1.86. The van der Waals surface area contributed by atoms with Crippen LogP contribution in [-0.2, 0) is 4.74 Å². The topological polar surface area (TPSA) is 24.5 Å². The lowest BCUT2D eigenvalue weighted by atomic mass is 9.93. The van der Waals surface area contributed by atoms with Crippen molar-refractivity contribution in [3.8, 4) is 0 Å². The van der Waals surface area contributed by atoms with E-state index in [9.17, 15) is 0 Å². The first-order chi connectivity index (χ1) is 7.05. The van der Waals surface area contributed by atoms with Crippen LogP contribution in [0.5, 0.6) is 0 Å². The highest BCUT2D eigenvalue weighted by molar-refractivity contribution is 5.85. The van der Waals surface area contributed by atoms with Crippen LogP contribution in [0.3, 0.4) is 0 Å².